The maximum absolute atomic E-state index is 12.1. The Morgan fingerprint density at radius 2 is 1.93 bits per heavy atom. The third kappa shape index (κ3) is 3.55. The minimum atomic E-state index is -3.30. The van der Waals surface area contributed by atoms with E-state index >= 15 is 0 Å². The van der Waals surface area contributed by atoms with E-state index in [-0.39, 0.29) is 0 Å². The van der Waals surface area contributed by atoms with E-state index in [1.54, 1.807) is 24.5 Å². The first-order valence-electron chi connectivity index (χ1n) is 10.6. The number of hydrogen-bond acceptors (Lipinski definition) is 7. The number of fused-ring (bicyclic) bond motifs is 2. The summed E-state index contributed by atoms with van der Waals surface area (Å²) in [5.74, 6) is 3.30. The molecule has 8 nitrogen and oxygen atoms in total. The van der Waals surface area contributed by atoms with Crippen LogP contribution in [-0.4, -0.2) is 52.5 Å². The zero-order valence-corrected chi connectivity index (χ0v) is 18.0. The molecule has 2 aliphatic rings. The number of aromatic nitrogens is 5. The highest BCUT2D eigenvalue weighted by atomic mass is 32.2. The highest BCUT2D eigenvalue weighted by molar-refractivity contribution is 7.90. The Morgan fingerprint density at radius 1 is 1.03 bits per heavy atom. The Kier molecular flexibility index (Phi) is 4.92. The number of aryl methyl sites for hydroxylation is 1. The van der Waals surface area contributed by atoms with E-state index in [0.717, 1.165) is 67.3 Å². The molecular formula is C21H26N6O2S. The second-order valence-electron chi connectivity index (χ2n) is 8.37. The van der Waals surface area contributed by atoms with Crippen molar-refractivity contribution in [2.75, 3.05) is 24.2 Å². The second-order valence-corrected chi connectivity index (χ2v) is 10.4. The average Bonchev–Trinajstić information content (AvgIpc) is 3.00. The molecule has 30 heavy (non-hydrogen) atoms. The molecule has 4 heterocycles. The predicted molar refractivity (Wildman–Crippen MR) is 114 cm³/mol. The fraction of sp³-hybridized carbons (Fsp3) is 0.524. The molecule has 158 valence electrons. The van der Waals surface area contributed by atoms with Crippen molar-refractivity contribution in [1.82, 2.24) is 24.7 Å². The largest absolute Gasteiger partial charge is 0.355 e. The standard InChI is InChI=1S/C21H26N6O2S/c1-30(28,29)16-8-9-18-17(12-16)21(23-14-22-18)26-10-5-6-15(13-26)20-25-24-19-7-3-2-4-11-27(19)20/h8-9,12,14-15H,2-7,10-11,13H2,1H3. The number of benzene rings is 1. The van der Waals surface area contributed by atoms with Gasteiger partial charge < -0.3 is 9.47 Å². The Hall–Kier alpha value is -2.55. The van der Waals surface area contributed by atoms with Crippen molar-refractivity contribution in [3.63, 3.8) is 0 Å². The molecule has 0 N–H and O–H groups in total. The van der Waals surface area contributed by atoms with Crippen molar-refractivity contribution in [1.29, 1.82) is 0 Å². The average molecular weight is 427 g/mol. The minimum absolute atomic E-state index is 0.293. The maximum atomic E-state index is 12.1. The number of sulfone groups is 1. The van der Waals surface area contributed by atoms with Crippen LogP contribution in [0, 0.1) is 0 Å². The van der Waals surface area contributed by atoms with E-state index in [9.17, 15) is 8.42 Å². The molecule has 0 bridgehead atoms. The van der Waals surface area contributed by atoms with Crippen molar-refractivity contribution in [3.05, 3.63) is 36.2 Å². The summed E-state index contributed by atoms with van der Waals surface area (Å²) in [5.41, 5.74) is 0.755. The lowest BCUT2D eigenvalue weighted by atomic mass is 9.96. The fourth-order valence-corrected chi connectivity index (χ4v) is 5.34. The molecule has 1 aromatic carbocycles. The second kappa shape index (κ2) is 7.61. The molecule has 1 fully saturated rings. The summed E-state index contributed by atoms with van der Waals surface area (Å²) in [5, 5.41) is 9.83. The number of anilines is 1. The molecule has 0 aliphatic carbocycles. The first-order valence-corrected chi connectivity index (χ1v) is 12.5. The van der Waals surface area contributed by atoms with Crippen molar-refractivity contribution in [2.45, 2.75) is 55.9 Å². The molecule has 0 radical (unpaired) electrons. The molecule has 3 aromatic rings. The first kappa shape index (κ1) is 19.4. The van der Waals surface area contributed by atoms with Crippen LogP contribution in [0.3, 0.4) is 0 Å². The zero-order valence-electron chi connectivity index (χ0n) is 17.2. The summed E-state index contributed by atoms with van der Waals surface area (Å²) in [4.78, 5) is 11.4. The van der Waals surface area contributed by atoms with Crippen molar-refractivity contribution >= 4 is 26.6 Å². The van der Waals surface area contributed by atoms with Gasteiger partial charge in [0.15, 0.2) is 9.84 Å². The highest BCUT2D eigenvalue weighted by Gasteiger charge is 2.29. The lowest BCUT2D eigenvalue weighted by Gasteiger charge is -2.33. The first-order chi connectivity index (χ1) is 14.5. The van der Waals surface area contributed by atoms with E-state index < -0.39 is 9.84 Å². The summed E-state index contributed by atoms with van der Waals surface area (Å²) in [6, 6.07) is 5.07. The molecular weight excluding hydrogens is 400 g/mol. The van der Waals surface area contributed by atoms with Crippen LogP contribution in [0.4, 0.5) is 5.82 Å². The van der Waals surface area contributed by atoms with Crippen LogP contribution in [0.15, 0.2) is 29.4 Å². The maximum Gasteiger partial charge on any atom is 0.175 e. The van der Waals surface area contributed by atoms with Crippen LogP contribution in [0.2, 0.25) is 0 Å². The van der Waals surface area contributed by atoms with Crippen molar-refractivity contribution < 1.29 is 8.42 Å². The van der Waals surface area contributed by atoms with Crippen LogP contribution in [-0.2, 0) is 22.8 Å². The number of hydrogen-bond donors (Lipinski definition) is 0. The lowest BCUT2D eigenvalue weighted by Crippen LogP contribution is -2.36. The zero-order chi connectivity index (χ0) is 20.7. The van der Waals surface area contributed by atoms with Crippen LogP contribution in [0.25, 0.3) is 10.9 Å². The van der Waals surface area contributed by atoms with Gasteiger partial charge in [0.1, 0.15) is 23.8 Å². The SMILES string of the molecule is CS(=O)(=O)c1ccc2ncnc(N3CCCC(c4nnc5n4CCCCC5)C3)c2c1. The van der Waals surface area contributed by atoms with Crippen molar-refractivity contribution in [3.8, 4) is 0 Å². The van der Waals surface area contributed by atoms with Gasteiger partial charge in [-0.15, -0.1) is 10.2 Å². The lowest BCUT2D eigenvalue weighted by molar-refractivity contribution is 0.464. The topological polar surface area (TPSA) is 93.9 Å². The van der Waals surface area contributed by atoms with E-state index in [1.165, 1.54) is 25.5 Å². The minimum Gasteiger partial charge on any atom is -0.355 e. The predicted octanol–water partition coefficient (Wildman–Crippen LogP) is 2.74. The smallest absolute Gasteiger partial charge is 0.175 e. The molecule has 5 rings (SSSR count). The van der Waals surface area contributed by atoms with Gasteiger partial charge >= 0.3 is 0 Å². The summed E-state index contributed by atoms with van der Waals surface area (Å²) in [6.07, 6.45) is 9.51. The van der Waals surface area contributed by atoms with Gasteiger partial charge in [0.2, 0.25) is 0 Å². The molecule has 0 spiro atoms. The molecule has 2 aliphatic heterocycles. The summed E-state index contributed by atoms with van der Waals surface area (Å²) >= 11 is 0. The number of rotatable bonds is 3. The molecule has 0 saturated carbocycles. The third-order valence-electron chi connectivity index (χ3n) is 6.24. The van der Waals surface area contributed by atoms with Gasteiger partial charge in [0.05, 0.1) is 10.4 Å². The van der Waals surface area contributed by atoms with E-state index in [4.69, 9.17) is 0 Å². The summed E-state index contributed by atoms with van der Waals surface area (Å²) in [6.45, 7) is 2.68. The number of piperidine rings is 1. The molecule has 1 unspecified atom stereocenters. The number of nitrogens with zero attached hydrogens (tertiary/aromatic N) is 6. The quantitative estimate of drug-likeness (QED) is 0.635. The molecule has 1 atom stereocenters. The highest BCUT2D eigenvalue weighted by Crippen LogP contribution is 2.33. The fourth-order valence-electron chi connectivity index (χ4n) is 4.69. The molecule has 2 aromatic heterocycles. The van der Waals surface area contributed by atoms with Crippen LogP contribution < -0.4 is 4.90 Å². The van der Waals surface area contributed by atoms with E-state index in [1.807, 2.05) is 0 Å². The van der Waals surface area contributed by atoms with E-state index in [0.29, 0.717) is 10.8 Å². The van der Waals surface area contributed by atoms with Crippen LogP contribution in [0.5, 0.6) is 0 Å². The Bertz CT molecular complexity index is 1190. The van der Waals surface area contributed by atoms with Gasteiger partial charge in [-0.05, 0) is 43.9 Å². The Balaban J connectivity index is 1.50. The van der Waals surface area contributed by atoms with Gasteiger partial charge in [-0.1, -0.05) is 6.42 Å². The van der Waals surface area contributed by atoms with Crippen LogP contribution in [0.1, 0.15) is 49.7 Å². The Labute approximate surface area is 176 Å². The Morgan fingerprint density at radius 3 is 2.80 bits per heavy atom. The third-order valence-corrected chi connectivity index (χ3v) is 7.35. The molecule has 0 amide bonds. The summed E-state index contributed by atoms with van der Waals surface area (Å²) in [7, 11) is -3.30. The molecule has 9 heteroatoms. The van der Waals surface area contributed by atoms with Crippen LogP contribution >= 0.6 is 0 Å². The van der Waals surface area contributed by atoms with E-state index in [2.05, 4.69) is 29.6 Å². The van der Waals surface area contributed by atoms with Gasteiger partial charge in [-0.2, -0.15) is 0 Å². The van der Waals surface area contributed by atoms with Crippen molar-refractivity contribution in [2.24, 2.45) is 0 Å². The monoisotopic (exact) mass is 426 g/mol. The van der Waals surface area contributed by atoms with Gasteiger partial charge in [0.25, 0.3) is 0 Å². The molecule has 1 saturated heterocycles. The van der Waals surface area contributed by atoms with Gasteiger partial charge in [-0.3, -0.25) is 0 Å². The summed E-state index contributed by atoms with van der Waals surface area (Å²) < 4.78 is 26.5. The van der Waals surface area contributed by atoms with Gasteiger partial charge in [0, 0.05) is 43.6 Å². The van der Waals surface area contributed by atoms with Gasteiger partial charge in [-0.25, -0.2) is 18.4 Å². The normalized spacial score (nSPS) is 20.2.